The smallest absolute Gasteiger partial charge is 0.225 e. The van der Waals surface area contributed by atoms with Crippen LogP contribution in [0, 0.1) is 17.8 Å². The van der Waals surface area contributed by atoms with Crippen LogP contribution in [0.1, 0.15) is 33.1 Å². The summed E-state index contributed by atoms with van der Waals surface area (Å²) in [5, 5.41) is 6.03. The van der Waals surface area contributed by atoms with Crippen molar-refractivity contribution in [2.75, 3.05) is 33.0 Å². The van der Waals surface area contributed by atoms with E-state index in [1.165, 1.54) is 0 Å². The maximum Gasteiger partial charge on any atom is 0.225 e. The number of carbonyl (C=O) groups excluding carboxylic acids is 2. The highest BCUT2D eigenvalue weighted by Gasteiger charge is 2.27. The molecule has 2 amide bonds. The third kappa shape index (κ3) is 5.25. The first-order chi connectivity index (χ1) is 10.6. The Morgan fingerprint density at radius 2 is 1.64 bits per heavy atom. The van der Waals surface area contributed by atoms with Crippen molar-refractivity contribution < 1.29 is 19.1 Å². The zero-order valence-electron chi connectivity index (χ0n) is 13.6. The number of nitrogens with one attached hydrogen (secondary N) is 2. The van der Waals surface area contributed by atoms with Crippen LogP contribution in [0.3, 0.4) is 0 Å². The van der Waals surface area contributed by atoms with Crippen LogP contribution in [0.25, 0.3) is 0 Å². The van der Waals surface area contributed by atoms with Crippen molar-refractivity contribution in [2.24, 2.45) is 17.8 Å². The fourth-order valence-corrected chi connectivity index (χ4v) is 2.93. The van der Waals surface area contributed by atoms with Crippen LogP contribution in [0.5, 0.6) is 0 Å². The normalized spacial score (nSPS) is 26.1. The summed E-state index contributed by atoms with van der Waals surface area (Å²) in [6.45, 7) is 7.04. The van der Waals surface area contributed by atoms with E-state index in [9.17, 15) is 9.59 Å². The number of carbonyl (C=O) groups is 2. The Morgan fingerprint density at radius 3 is 2.14 bits per heavy atom. The molecule has 0 aliphatic carbocycles. The number of rotatable bonds is 7. The van der Waals surface area contributed by atoms with Gasteiger partial charge in [-0.3, -0.25) is 9.59 Å². The summed E-state index contributed by atoms with van der Waals surface area (Å²) in [7, 11) is 0. The molecule has 3 atom stereocenters. The topological polar surface area (TPSA) is 76.7 Å². The van der Waals surface area contributed by atoms with E-state index >= 15 is 0 Å². The van der Waals surface area contributed by atoms with E-state index in [1.54, 1.807) is 0 Å². The Hall–Kier alpha value is -1.14. The SMILES string of the molecule is CC(C)C[C@H](CNC(=O)[C@H]1CCOC1)NC(=O)[C@@H]1CCOC1. The summed E-state index contributed by atoms with van der Waals surface area (Å²) in [6, 6.07) is -0.0284. The van der Waals surface area contributed by atoms with Gasteiger partial charge in [0, 0.05) is 25.8 Å². The number of hydrogen-bond donors (Lipinski definition) is 2. The average molecular weight is 312 g/mol. The second-order valence-corrected chi connectivity index (χ2v) is 6.70. The molecule has 2 fully saturated rings. The van der Waals surface area contributed by atoms with Crippen molar-refractivity contribution in [2.45, 2.75) is 39.2 Å². The Balaban J connectivity index is 1.79. The second-order valence-electron chi connectivity index (χ2n) is 6.70. The summed E-state index contributed by atoms with van der Waals surface area (Å²) in [4.78, 5) is 24.3. The molecule has 0 spiro atoms. The van der Waals surface area contributed by atoms with Gasteiger partial charge >= 0.3 is 0 Å². The lowest BCUT2D eigenvalue weighted by molar-refractivity contribution is -0.127. The first kappa shape index (κ1) is 17.2. The van der Waals surface area contributed by atoms with Crippen molar-refractivity contribution in [3.05, 3.63) is 0 Å². The molecule has 0 unspecified atom stereocenters. The van der Waals surface area contributed by atoms with Crippen LogP contribution in [-0.4, -0.2) is 50.8 Å². The van der Waals surface area contributed by atoms with Crippen LogP contribution >= 0.6 is 0 Å². The molecule has 0 aromatic heterocycles. The third-order valence-electron chi connectivity index (χ3n) is 4.23. The molecule has 2 N–H and O–H groups in total. The maximum absolute atomic E-state index is 12.2. The van der Waals surface area contributed by atoms with E-state index in [0.29, 0.717) is 38.9 Å². The largest absolute Gasteiger partial charge is 0.381 e. The highest BCUT2D eigenvalue weighted by atomic mass is 16.5. The number of ether oxygens (including phenoxy) is 2. The maximum atomic E-state index is 12.2. The zero-order valence-corrected chi connectivity index (χ0v) is 13.6. The average Bonchev–Trinajstić information content (AvgIpc) is 3.15. The Kier molecular flexibility index (Phi) is 6.64. The minimum atomic E-state index is -0.0476. The van der Waals surface area contributed by atoms with Crippen LogP contribution in [0.4, 0.5) is 0 Å². The van der Waals surface area contributed by atoms with Gasteiger partial charge in [-0.05, 0) is 25.2 Å². The molecule has 0 radical (unpaired) electrons. The molecule has 22 heavy (non-hydrogen) atoms. The molecular formula is C16H28N2O4. The van der Waals surface area contributed by atoms with E-state index in [-0.39, 0.29) is 29.7 Å². The Bertz CT molecular complexity index is 374. The van der Waals surface area contributed by atoms with E-state index in [2.05, 4.69) is 24.5 Å². The molecule has 0 aromatic carbocycles. The van der Waals surface area contributed by atoms with Gasteiger partial charge in [0.25, 0.3) is 0 Å². The van der Waals surface area contributed by atoms with Crippen molar-refractivity contribution in [3.63, 3.8) is 0 Å². The number of hydrogen-bond acceptors (Lipinski definition) is 4. The molecule has 0 aromatic rings. The molecule has 0 bridgehead atoms. The lowest BCUT2D eigenvalue weighted by atomic mass is 10.0. The monoisotopic (exact) mass is 312 g/mol. The molecule has 2 rings (SSSR count). The Morgan fingerprint density at radius 1 is 1.05 bits per heavy atom. The third-order valence-corrected chi connectivity index (χ3v) is 4.23. The number of amides is 2. The molecule has 2 aliphatic heterocycles. The Labute approximate surface area is 132 Å². The second kappa shape index (κ2) is 8.48. The first-order valence-electron chi connectivity index (χ1n) is 8.29. The molecule has 6 heteroatoms. The van der Waals surface area contributed by atoms with E-state index in [4.69, 9.17) is 9.47 Å². The highest BCUT2D eigenvalue weighted by Crippen LogP contribution is 2.14. The van der Waals surface area contributed by atoms with Crippen molar-refractivity contribution >= 4 is 11.8 Å². The van der Waals surface area contributed by atoms with Gasteiger partial charge in [-0.25, -0.2) is 0 Å². The van der Waals surface area contributed by atoms with Gasteiger partial charge in [-0.2, -0.15) is 0 Å². The molecule has 2 aliphatic rings. The van der Waals surface area contributed by atoms with Gasteiger partial charge in [0.05, 0.1) is 25.0 Å². The van der Waals surface area contributed by atoms with Gasteiger partial charge in [-0.15, -0.1) is 0 Å². The predicted molar refractivity (Wildman–Crippen MR) is 82.2 cm³/mol. The van der Waals surface area contributed by atoms with Gasteiger partial charge in [0.15, 0.2) is 0 Å². The summed E-state index contributed by atoms with van der Waals surface area (Å²) < 4.78 is 10.5. The van der Waals surface area contributed by atoms with Crippen molar-refractivity contribution in [1.29, 1.82) is 0 Å². The summed E-state index contributed by atoms with van der Waals surface area (Å²) in [5.41, 5.74) is 0. The fourth-order valence-electron chi connectivity index (χ4n) is 2.93. The predicted octanol–water partition coefficient (Wildman–Crippen LogP) is 0.707. The molecule has 0 saturated carbocycles. The molecule has 2 heterocycles. The molecule has 2 saturated heterocycles. The van der Waals surface area contributed by atoms with Gasteiger partial charge in [0.1, 0.15) is 0 Å². The van der Waals surface area contributed by atoms with Crippen LogP contribution in [-0.2, 0) is 19.1 Å². The molecular weight excluding hydrogens is 284 g/mol. The summed E-state index contributed by atoms with van der Waals surface area (Å²) >= 11 is 0. The van der Waals surface area contributed by atoms with Crippen molar-refractivity contribution in [3.8, 4) is 0 Å². The molecule has 126 valence electrons. The lowest BCUT2D eigenvalue weighted by Crippen LogP contribution is -2.47. The van der Waals surface area contributed by atoms with Crippen molar-refractivity contribution in [1.82, 2.24) is 10.6 Å². The van der Waals surface area contributed by atoms with Gasteiger partial charge < -0.3 is 20.1 Å². The minimum absolute atomic E-state index is 0.0284. The minimum Gasteiger partial charge on any atom is -0.381 e. The van der Waals surface area contributed by atoms with Crippen LogP contribution < -0.4 is 10.6 Å². The van der Waals surface area contributed by atoms with Gasteiger partial charge in [0.2, 0.25) is 11.8 Å². The van der Waals surface area contributed by atoms with E-state index in [1.807, 2.05) is 0 Å². The lowest BCUT2D eigenvalue weighted by Gasteiger charge is -2.23. The van der Waals surface area contributed by atoms with Gasteiger partial charge in [-0.1, -0.05) is 13.8 Å². The summed E-state index contributed by atoms with van der Waals surface area (Å²) in [6.07, 6.45) is 2.42. The zero-order chi connectivity index (χ0) is 15.9. The van der Waals surface area contributed by atoms with E-state index < -0.39 is 0 Å². The highest BCUT2D eigenvalue weighted by molar-refractivity contribution is 5.80. The molecule has 6 nitrogen and oxygen atoms in total. The standard InChI is InChI=1S/C16H28N2O4/c1-11(2)7-14(18-16(20)13-4-6-22-10-13)8-17-15(19)12-3-5-21-9-12/h11-14H,3-10H2,1-2H3,(H,17,19)(H,18,20)/t12-,13+,14+/m0/s1. The quantitative estimate of drug-likeness (QED) is 0.726. The first-order valence-corrected chi connectivity index (χ1v) is 8.29. The van der Waals surface area contributed by atoms with Crippen LogP contribution in [0.2, 0.25) is 0 Å². The summed E-state index contributed by atoms with van der Waals surface area (Å²) in [5.74, 6) is 0.440. The van der Waals surface area contributed by atoms with E-state index in [0.717, 1.165) is 19.3 Å². The fraction of sp³-hybridized carbons (Fsp3) is 0.875. The van der Waals surface area contributed by atoms with Crippen LogP contribution in [0.15, 0.2) is 0 Å².